The van der Waals surface area contributed by atoms with Crippen LogP contribution in [0.5, 0.6) is 17.2 Å². The fraction of sp³-hybridized carbons (Fsp3) is 0.532. The van der Waals surface area contributed by atoms with Crippen molar-refractivity contribution in [3.8, 4) is 17.2 Å². The highest BCUT2D eigenvalue weighted by molar-refractivity contribution is 6.17. The summed E-state index contributed by atoms with van der Waals surface area (Å²) in [5.41, 5.74) is -11.3. The van der Waals surface area contributed by atoms with Crippen molar-refractivity contribution in [1.82, 2.24) is 0 Å². The van der Waals surface area contributed by atoms with E-state index in [1.807, 2.05) is 0 Å². The van der Waals surface area contributed by atoms with Crippen LogP contribution in [-0.2, 0) is 38.1 Å². The number of ether oxygens (including phenoxy) is 4. The highest BCUT2D eigenvalue weighted by Crippen LogP contribution is 2.74. The Hall–Kier alpha value is -5.70. The molecule has 3 fully saturated rings. The van der Waals surface area contributed by atoms with Crippen molar-refractivity contribution in [3.63, 3.8) is 0 Å². The maximum atomic E-state index is 14.4. The first kappa shape index (κ1) is 46.8. The number of carbonyl (C=O) groups excluding carboxylic acids is 5. The number of aromatic hydroxyl groups is 3. The predicted molar refractivity (Wildman–Crippen MR) is 227 cm³/mol. The lowest BCUT2D eigenvalue weighted by molar-refractivity contribution is -0.210. The number of Topliss-reactive ketones (excluding diaryl/α,β-unsaturated/α-hetero) is 1. The molecule has 66 heavy (non-hydrogen) atoms. The third-order valence-corrected chi connectivity index (χ3v) is 14.0. The number of fused-ring (bicyclic) bond motifs is 3. The van der Waals surface area contributed by atoms with Crippen molar-refractivity contribution in [2.24, 2.45) is 0 Å². The van der Waals surface area contributed by atoms with E-state index in [-0.39, 0.29) is 70.3 Å². The van der Waals surface area contributed by atoms with Gasteiger partial charge in [0.1, 0.15) is 34.9 Å². The molecule has 1 aromatic heterocycles. The maximum absolute atomic E-state index is 14.4. The number of phenolic OH excluding ortho intramolecular Hbond substituents is 2. The number of esters is 2. The number of aliphatic hydroxyl groups excluding tert-OH is 2. The Balaban J connectivity index is 0.869. The summed E-state index contributed by atoms with van der Waals surface area (Å²) in [5, 5.41) is 81.9. The van der Waals surface area contributed by atoms with E-state index in [0.717, 1.165) is 18.9 Å². The second kappa shape index (κ2) is 16.9. The molecular formula is C47H53NO18. The molecule has 8 N–H and O–H groups in total. The summed E-state index contributed by atoms with van der Waals surface area (Å²) in [6.45, 7) is 5.85. The molecule has 0 bridgehead atoms. The third kappa shape index (κ3) is 7.09. The van der Waals surface area contributed by atoms with Crippen LogP contribution in [0.2, 0.25) is 0 Å². The number of ketones is 2. The molecule has 3 aliphatic carbocycles. The van der Waals surface area contributed by atoms with Crippen molar-refractivity contribution >= 4 is 46.1 Å². The molecule has 0 radical (unpaired) electrons. The molecule has 2 aliphatic heterocycles. The van der Waals surface area contributed by atoms with E-state index in [2.05, 4.69) is 5.32 Å². The van der Waals surface area contributed by atoms with Crippen LogP contribution in [0.1, 0.15) is 131 Å². The highest BCUT2D eigenvalue weighted by atomic mass is 16.7. The highest BCUT2D eigenvalue weighted by Gasteiger charge is 2.96. The standard InChI is InChI=1S/C47H53NO18/c1-21-17-31(51)46(61)44(60,19-21)20-32(52)45-42(58)35-26(41(57)47(45,46)66-45)14-13-25(37(35)55)29-18-30(40(23(3)62-29)63-24(4)49)64-34(54)12-10-8-6-5-7-9-11-33(53)48-36-38(56)27-15-16-28(50)22(2)39(27)65-43(36)59/h13-17,23,29-30,32,40,42,50,52,55-56,58,60-61H,5-12,18-20H2,1-4H3,(H,48,53)/t23-,29-,30-,32+,40-,42+,44-,45+,46-,47-/m1/s1. The number of phenols is 2. The summed E-state index contributed by atoms with van der Waals surface area (Å²) in [6.07, 6.45) is -3.86. The third-order valence-electron chi connectivity index (χ3n) is 14.0. The Kier molecular flexibility index (Phi) is 12.0. The molecule has 1 amide bonds. The van der Waals surface area contributed by atoms with Crippen LogP contribution in [0.25, 0.3) is 11.0 Å². The lowest BCUT2D eigenvalue weighted by Crippen LogP contribution is -2.78. The smallest absolute Gasteiger partial charge is 0.364 e. The monoisotopic (exact) mass is 919 g/mol. The molecule has 5 aliphatic rings. The summed E-state index contributed by atoms with van der Waals surface area (Å²) in [7, 11) is 0. The number of anilines is 1. The first-order valence-corrected chi connectivity index (χ1v) is 22.1. The normalized spacial score (nSPS) is 32.0. The number of amides is 1. The molecule has 1 saturated carbocycles. The molecule has 19 nitrogen and oxygen atoms in total. The number of hydrogen-bond donors (Lipinski definition) is 8. The second-order valence-electron chi connectivity index (χ2n) is 18.3. The van der Waals surface area contributed by atoms with Gasteiger partial charge in [0, 0.05) is 61.3 Å². The predicted octanol–water partition coefficient (Wildman–Crippen LogP) is 3.55. The average molecular weight is 920 g/mol. The van der Waals surface area contributed by atoms with E-state index in [0.29, 0.717) is 31.3 Å². The van der Waals surface area contributed by atoms with Gasteiger partial charge < -0.3 is 64.4 Å². The van der Waals surface area contributed by atoms with Crippen LogP contribution < -0.4 is 10.9 Å². The van der Waals surface area contributed by atoms with Crippen molar-refractivity contribution in [2.45, 2.75) is 157 Å². The molecule has 0 unspecified atom stereocenters. The number of epoxide rings is 1. The van der Waals surface area contributed by atoms with Crippen molar-refractivity contribution < 1.29 is 83.1 Å². The Morgan fingerprint density at radius 3 is 2.27 bits per heavy atom. The summed E-state index contributed by atoms with van der Waals surface area (Å²) in [5.74, 6) is -4.96. The van der Waals surface area contributed by atoms with Gasteiger partial charge in [-0.05, 0) is 51.8 Å². The Bertz CT molecular complexity index is 2640. The average Bonchev–Trinajstić information content (AvgIpc) is 3.98. The van der Waals surface area contributed by atoms with Gasteiger partial charge >= 0.3 is 17.6 Å². The van der Waals surface area contributed by atoms with Gasteiger partial charge in [0.25, 0.3) is 0 Å². The van der Waals surface area contributed by atoms with E-state index in [1.54, 1.807) is 13.8 Å². The number of aliphatic hydroxyl groups is 4. The van der Waals surface area contributed by atoms with E-state index in [1.165, 1.54) is 38.1 Å². The van der Waals surface area contributed by atoms with Gasteiger partial charge in [-0.25, -0.2) is 4.79 Å². The molecule has 354 valence electrons. The van der Waals surface area contributed by atoms with Gasteiger partial charge in [0.15, 0.2) is 34.5 Å². The molecule has 2 aromatic carbocycles. The molecule has 19 heteroatoms. The topological polar surface area (TPSA) is 309 Å². The summed E-state index contributed by atoms with van der Waals surface area (Å²) in [6, 6.07) is 5.31. The summed E-state index contributed by atoms with van der Waals surface area (Å²) < 4.78 is 28.6. The SMILES string of the molecule is CC(=O)O[C@@H]1[C@@H](C)O[C@@H](c2ccc3c(c2O)[C@H](O)[C@]24O[C@@]2(C3=O)[C@@]2(O)C(=O)C=C(C)C[C@@]2(O)C[C@@H]4O)C[C@H]1OC(=O)CCCCCCCCC(=O)Nc1c(O)c2ccc(O)c(C)c2oc1=O. The van der Waals surface area contributed by atoms with E-state index >= 15 is 0 Å². The van der Waals surface area contributed by atoms with Crippen LogP contribution in [0.4, 0.5) is 5.69 Å². The Morgan fingerprint density at radius 2 is 1.58 bits per heavy atom. The zero-order valence-corrected chi connectivity index (χ0v) is 36.8. The second-order valence-corrected chi connectivity index (χ2v) is 18.3. The molecule has 3 heterocycles. The number of benzene rings is 2. The number of aryl methyl sites for hydroxylation is 1. The van der Waals surface area contributed by atoms with E-state index in [4.69, 9.17) is 23.4 Å². The number of hydrogen-bond acceptors (Lipinski definition) is 18. The minimum absolute atomic E-state index is 0.0129. The number of rotatable bonds is 13. The maximum Gasteiger partial charge on any atom is 0.364 e. The number of carbonyl (C=O) groups is 5. The van der Waals surface area contributed by atoms with Crippen LogP contribution in [0.15, 0.2) is 45.1 Å². The van der Waals surface area contributed by atoms with Crippen LogP contribution in [-0.4, -0.2) is 112 Å². The molecule has 0 spiro atoms. The van der Waals surface area contributed by atoms with Gasteiger partial charge in [-0.2, -0.15) is 0 Å². The first-order chi connectivity index (χ1) is 31.1. The summed E-state index contributed by atoms with van der Waals surface area (Å²) in [4.78, 5) is 78.3. The first-order valence-electron chi connectivity index (χ1n) is 22.1. The quantitative estimate of drug-likeness (QED) is 0.0526. The van der Waals surface area contributed by atoms with Gasteiger partial charge in [-0.15, -0.1) is 0 Å². The number of nitrogens with one attached hydrogen (secondary N) is 1. The minimum atomic E-state index is -2.86. The number of unbranched alkanes of at least 4 members (excludes halogenated alkanes) is 5. The van der Waals surface area contributed by atoms with Gasteiger partial charge in [0.05, 0.1) is 23.7 Å². The van der Waals surface area contributed by atoms with Crippen molar-refractivity contribution in [1.29, 1.82) is 0 Å². The molecule has 8 rings (SSSR count). The molecule has 10 atom stereocenters. The van der Waals surface area contributed by atoms with E-state index < -0.39 is 112 Å². The van der Waals surface area contributed by atoms with Gasteiger partial charge in [-0.3, -0.25) is 24.0 Å². The molecular weight excluding hydrogens is 867 g/mol. The van der Waals surface area contributed by atoms with E-state index in [9.17, 15) is 64.5 Å². The largest absolute Gasteiger partial charge is 0.508 e. The van der Waals surface area contributed by atoms with Gasteiger partial charge in [0.2, 0.25) is 17.3 Å². The lowest BCUT2D eigenvalue weighted by atomic mass is 9.50. The van der Waals surface area contributed by atoms with Crippen LogP contribution in [0.3, 0.4) is 0 Å². The minimum Gasteiger partial charge on any atom is -0.508 e. The van der Waals surface area contributed by atoms with Crippen molar-refractivity contribution in [2.75, 3.05) is 5.32 Å². The zero-order valence-electron chi connectivity index (χ0n) is 36.8. The lowest BCUT2D eigenvalue weighted by Gasteiger charge is -2.54. The molecule has 3 aromatic rings. The van der Waals surface area contributed by atoms with Crippen LogP contribution >= 0.6 is 0 Å². The van der Waals surface area contributed by atoms with Gasteiger partial charge in [-0.1, -0.05) is 43.4 Å². The zero-order chi connectivity index (χ0) is 47.8. The fourth-order valence-electron chi connectivity index (χ4n) is 10.8. The fourth-order valence-corrected chi connectivity index (χ4v) is 10.8. The van der Waals surface area contributed by atoms with Crippen molar-refractivity contribution in [3.05, 3.63) is 68.6 Å². The van der Waals surface area contributed by atoms with Crippen LogP contribution in [0, 0.1) is 6.92 Å². The summed E-state index contributed by atoms with van der Waals surface area (Å²) >= 11 is 0. The Morgan fingerprint density at radius 1 is 0.894 bits per heavy atom. The Labute approximate surface area is 376 Å². The molecule has 2 saturated heterocycles.